The van der Waals surface area contributed by atoms with Crippen LogP contribution in [-0.4, -0.2) is 32.8 Å². The number of methoxy groups -OCH3 is 1. The van der Waals surface area contributed by atoms with E-state index in [9.17, 15) is 4.79 Å². The Morgan fingerprint density at radius 2 is 2.16 bits per heavy atom. The van der Waals surface area contributed by atoms with Crippen LogP contribution < -0.4 is 10.1 Å². The zero-order valence-corrected chi connectivity index (χ0v) is 12.1. The maximum atomic E-state index is 11.6. The highest BCUT2D eigenvalue weighted by Gasteiger charge is 2.13. The molecule has 1 rings (SSSR count). The minimum absolute atomic E-state index is 0.363. The van der Waals surface area contributed by atoms with Gasteiger partial charge >= 0.3 is 5.97 Å². The summed E-state index contributed by atoms with van der Waals surface area (Å²) in [6.07, 6.45) is 1.96. The number of unbranched alkanes of at least 4 members (excludes halogenated alkanes) is 1. The van der Waals surface area contributed by atoms with E-state index in [1.165, 1.54) is 7.11 Å². The SMILES string of the molecule is CCNCCCCOc1ccc(Cl)cc1C(=O)OC. The second-order valence-corrected chi connectivity index (χ2v) is 4.48. The van der Waals surface area contributed by atoms with Gasteiger partial charge < -0.3 is 14.8 Å². The van der Waals surface area contributed by atoms with Crippen molar-refractivity contribution in [2.45, 2.75) is 19.8 Å². The van der Waals surface area contributed by atoms with E-state index in [1.54, 1.807) is 18.2 Å². The molecule has 0 radical (unpaired) electrons. The molecule has 0 aliphatic carbocycles. The number of nitrogens with one attached hydrogen (secondary N) is 1. The van der Waals surface area contributed by atoms with Crippen LogP contribution in [0.2, 0.25) is 5.02 Å². The van der Waals surface area contributed by atoms with Gasteiger partial charge in [-0.25, -0.2) is 4.79 Å². The summed E-state index contributed by atoms with van der Waals surface area (Å²) < 4.78 is 10.3. The molecule has 0 saturated heterocycles. The van der Waals surface area contributed by atoms with Crippen molar-refractivity contribution in [2.75, 3.05) is 26.8 Å². The molecule has 0 amide bonds. The Balaban J connectivity index is 2.50. The van der Waals surface area contributed by atoms with Gasteiger partial charge in [-0.3, -0.25) is 0 Å². The van der Waals surface area contributed by atoms with E-state index >= 15 is 0 Å². The second-order valence-electron chi connectivity index (χ2n) is 4.04. The van der Waals surface area contributed by atoms with Gasteiger partial charge in [-0.2, -0.15) is 0 Å². The van der Waals surface area contributed by atoms with Crippen molar-refractivity contribution in [1.82, 2.24) is 5.32 Å². The molecule has 1 aromatic carbocycles. The number of benzene rings is 1. The lowest BCUT2D eigenvalue weighted by molar-refractivity contribution is 0.0596. The Morgan fingerprint density at radius 1 is 1.37 bits per heavy atom. The highest BCUT2D eigenvalue weighted by molar-refractivity contribution is 6.31. The molecule has 0 fully saturated rings. The first-order valence-corrected chi connectivity index (χ1v) is 6.78. The van der Waals surface area contributed by atoms with Crippen molar-refractivity contribution in [3.8, 4) is 5.75 Å². The van der Waals surface area contributed by atoms with Crippen LogP contribution in [0.4, 0.5) is 0 Å². The standard InChI is InChI=1S/C14H20ClNO3/c1-3-16-8-4-5-9-19-13-7-6-11(15)10-12(13)14(17)18-2/h6-7,10,16H,3-5,8-9H2,1-2H3. The van der Waals surface area contributed by atoms with E-state index in [0.717, 1.165) is 25.9 Å². The van der Waals surface area contributed by atoms with Crippen LogP contribution in [0, 0.1) is 0 Å². The minimum Gasteiger partial charge on any atom is -0.493 e. The van der Waals surface area contributed by atoms with Crippen molar-refractivity contribution in [1.29, 1.82) is 0 Å². The van der Waals surface area contributed by atoms with Gasteiger partial charge in [-0.05, 0) is 44.1 Å². The Labute approximate surface area is 119 Å². The number of carbonyl (C=O) groups is 1. The Morgan fingerprint density at radius 3 is 2.84 bits per heavy atom. The number of halogens is 1. The lowest BCUT2D eigenvalue weighted by Gasteiger charge is -2.10. The normalized spacial score (nSPS) is 10.3. The van der Waals surface area contributed by atoms with Crippen LogP contribution in [0.15, 0.2) is 18.2 Å². The molecule has 1 aromatic rings. The topological polar surface area (TPSA) is 47.6 Å². The molecule has 0 bridgehead atoms. The van der Waals surface area contributed by atoms with E-state index in [4.69, 9.17) is 21.1 Å². The van der Waals surface area contributed by atoms with E-state index in [-0.39, 0.29) is 0 Å². The average molecular weight is 286 g/mol. The molecule has 5 heteroatoms. The van der Waals surface area contributed by atoms with Gasteiger partial charge in [-0.1, -0.05) is 18.5 Å². The fraction of sp³-hybridized carbons (Fsp3) is 0.500. The predicted molar refractivity (Wildman–Crippen MR) is 76.1 cm³/mol. The molecule has 1 N–H and O–H groups in total. The van der Waals surface area contributed by atoms with E-state index < -0.39 is 5.97 Å². The third-order valence-electron chi connectivity index (χ3n) is 2.60. The summed E-state index contributed by atoms with van der Waals surface area (Å²) in [5.41, 5.74) is 0.363. The van der Waals surface area contributed by atoms with Crippen LogP contribution in [0.3, 0.4) is 0 Å². The molecule has 0 unspecified atom stereocenters. The largest absolute Gasteiger partial charge is 0.493 e. The Hall–Kier alpha value is -1.26. The van der Waals surface area contributed by atoms with Crippen molar-refractivity contribution < 1.29 is 14.3 Å². The highest BCUT2D eigenvalue weighted by atomic mass is 35.5. The quantitative estimate of drug-likeness (QED) is 0.589. The van der Waals surface area contributed by atoms with Gasteiger partial charge in [0, 0.05) is 5.02 Å². The Kier molecular flexibility index (Phi) is 7.30. The molecule has 4 nitrogen and oxygen atoms in total. The molecule has 0 aromatic heterocycles. The van der Waals surface area contributed by atoms with Crippen molar-refractivity contribution in [3.05, 3.63) is 28.8 Å². The first-order valence-electron chi connectivity index (χ1n) is 6.40. The maximum Gasteiger partial charge on any atom is 0.341 e. The van der Waals surface area contributed by atoms with Gasteiger partial charge in [-0.15, -0.1) is 0 Å². The summed E-state index contributed by atoms with van der Waals surface area (Å²) in [6.45, 7) is 4.60. The van der Waals surface area contributed by atoms with E-state index in [2.05, 4.69) is 12.2 Å². The smallest absolute Gasteiger partial charge is 0.341 e. The van der Waals surface area contributed by atoms with Gasteiger partial charge in [0.15, 0.2) is 0 Å². The molecule has 0 spiro atoms. The maximum absolute atomic E-state index is 11.6. The molecular weight excluding hydrogens is 266 g/mol. The summed E-state index contributed by atoms with van der Waals surface area (Å²) in [6, 6.07) is 4.95. The first-order chi connectivity index (χ1) is 9.19. The summed E-state index contributed by atoms with van der Waals surface area (Å²) in [5.74, 6) is 0.0739. The van der Waals surface area contributed by atoms with Crippen molar-refractivity contribution in [2.24, 2.45) is 0 Å². The van der Waals surface area contributed by atoms with Gasteiger partial charge in [0.1, 0.15) is 11.3 Å². The lowest BCUT2D eigenvalue weighted by atomic mass is 10.2. The number of hydrogen-bond donors (Lipinski definition) is 1. The summed E-state index contributed by atoms with van der Waals surface area (Å²) in [4.78, 5) is 11.6. The Bertz CT molecular complexity index is 410. The van der Waals surface area contributed by atoms with Crippen LogP contribution in [-0.2, 0) is 4.74 Å². The van der Waals surface area contributed by atoms with Crippen LogP contribution >= 0.6 is 11.6 Å². The van der Waals surface area contributed by atoms with Crippen LogP contribution in [0.5, 0.6) is 5.75 Å². The van der Waals surface area contributed by atoms with E-state index in [1.807, 2.05) is 0 Å². The fourth-order valence-electron chi connectivity index (χ4n) is 1.61. The third-order valence-corrected chi connectivity index (χ3v) is 2.84. The molecule has 0 aliphatic heterocycles. The molecule has 0 saturated carbocycles. The molecule has 106 valence electrons. The molecule has 0 heterocycles. The van der Waals surface area contributed by atoms with Crippen molar-refractivity contribution >= 4 is 17.6 Å². The van der Waals surface area contributed by atoms with Gasteiger partial charge in [0.2, 0.25) is 0 Å². The minimum atomic E-state index is -0.440. The van der Waals surface area contributed by atoms with E-state index in [0.29, 0.717) is 22.9 Å². The van der Waals surface area contributed by atoms with Gasteiger partial charge in [0.05, 0.1) is 13.7 Å². The zero-order valence-electron chi connectivity index (χ0n) is 11.4. The predicted octanol–water partition coefficient (Wildman–Crippen LogP) is 2.90. The van der Waals surface area contributed by atoms with Crippen LogP contribution in [0.1, 0.15) is 30.1 Å². The number of hydrogen-bond acceptors (Lipinski definition) is 4. The molecule has 19 heavy (non-hydrogen) atoms. The van der Waals surface area contributed by atoms with Crippen molar-refractivity contribution in [3.63, 3.8) is 0 Å². The summed E-state index contributed by atoms with van der Waals surface area (Å²) in [7, 11) is 1.34. The summed E-state index contributed by atoms with van der Waals surface area (Å²) in [5, 5.41) is 3.73. The fourth-order valence-corrected chi connectivity index (χ4v) is 1.78. The lowest BCUT2D eigenvalue weighted by Crippen LogP contribution is -2.15. The molecular formula is C14H20ClNO3. The average Bonchev–Trinajstić information content (AvgIpc) is 2.43. The number of ether oxygens (including phenoxy) is 2. The van der Waals surface area contributed by atoms with Crippen LogP contribution in [0.25, 0.3) is 0 Å². The first kappa shape index (κ1) is 15.8. The zero-order chi connectivity index (χ0) is 14.1. The third kappa shape index (κ3) is 5.49. The second kappa shape index (κ2) is 8.77. The molecule has 0 aliphatic rings. The molecule has 0 atom stereocenters. The number of esters is 1. The number of rotatable bonds is 8. The highest BCUT2D eigenvalue weighted by Crippen LogP contribution is 2.23. The summed E-state index contributed by atoms with van der Waals surface area (Å²) >= 11 is 5.86. The van der Waals surface area contributed by atoms with Gasteiger partial charge in [0.25, 0.3) is 0 Å². The number of carbonyl (C=O) groups excluding carboxylic acids is 1. The monoisotopic (exact) mass is 285 g/mol.